The molecule has 3 rings (SSSR count). The highest BCUT2D eigenvalue weighted by atomic mass is 16.2. The van der Waals surface area contributed by atoms with Crippen molar-refractivity contribution in [2.75, 3.05) is 0 Å². The van der Waals surface area contributed by atoms with Crippen LogP contribution in [0.4, 0.5) is 0 Å². The van der Waals surface area contributed by atoms with Gasteiger partial charge < -0.3 is 0 Å². The van der Waals surface area contributed by atoms with Crippen LogP contribution in [-0.4, -0.2) is 11.6 Å². The average Bonchev–Trinajstić information content (AvgIpc) is 2.66. The lowest BCUT2D eigenvalue weighted by atomic mass is 9.72. The fraction of sp³-hybridized carbons (Fsp3) is 0.818. The molecule has 0 spiro atoms. The largest absolute Gasteiger partial charge is 0.299 e. The summed E-state index contributed by atoms with van der Waals surface area (Å²) in [6, 6.07) is 0. The number of carbonyl (C=O) groups excluding carboxylic acids is 2. The van der Waals surface area contributed by atoms with Crippen molar-refractivity contribution < 1.29 is 9.59 Å². The molecule has 70 valence electrons. The van der Waals surface area contributed by atoms with Crippen LogP contribution in [0.25, 0.3) is 0 Å². The molecular formula is C11H14O2. The van der Waals surface area contributed by atoms with Crippen LogP contribution in [0.15, 0.2) is 0 Å². The molecule has 3 aliphatic rings. The minimum absolute atomic E-state index is 0.177. The van der Waals surface area contributed by atoms with Crippen LogP contribution in [0, 0.1) is 23.7 Å². The van der Waals surface area contributed by atoms with Gasteiger partial charge in [-0.15, -0.1) is 0 Å². The van der Waals surface area contributed by atoms with Crippen LogP contribution in [-0.2, 0) is 9.59 Å². The molecule has 0 aromatic rings. The predicted molar refractivity (Wildman–Crippen MR) is 47.1 cm³/mol. The van der Waals surface area contributed by atoms with Gasteiger partial charge in [-0.3, -0.25) is 9.59 Å². The van der Waals surface area contributed by atoms with Gasteiger partial charge in [-0.25, -0.2) is 0 Å². The van der Waals surface area contributed by atoms with Gasteiger partial charge in [-0.2, -0.15) is 0 Å². The SMILES string of the molecule is O=C1C2CCC(C2=O)C2CCCC12. The van der Waals surface area contributed by atoms with Gasteiger partial charge in [0.05, 0.1) is 5.92 Å². The number of rotatable bonds is 0. The standard InChI is InChI=1S/C11H14O2/c12-10-7-3-1-2-6(7)8-4-5-9(10)11(8)13/h6-9H,1-5H2. The minimum Gasteiger partial charge on any atom is -0.299 e. The van der Waals surface area contributed by atoms with Crippen molar-refractivity contribution in [2.24, 2.45) is 23.7 Å². The Morgan fingerprint density at radius 3 is 2.31 bits per heavy atom. The van der Waals surface area contributed by atoms with Crippen LogP contribution in [0.2, 0.25) is 0 Å². The Labute approximate surface area is 77.7 Å². The zero-order valence-electron chi connectivity index (χ0n) is 7.66. The maximum atomic E-state index is 11.9. The molecular weight excluding hydrogens is 164 g/mol. The summed E-state index contributed by atoms with van der Waals surface area (Å²) in [4.78, 5) is 23.6. The predicted octanol–water partition coefficient (Wildman–Crippen LogP) is 1.58. The van der Waals surface area contributed by atoms with Crippen molar-refractivity contribution in [3.05, 3.63) is 0 Å². The molecule has 2 bridgehead atoms. The molecule has 2 nitrogen and oxygen atoms in total. The van der Waals surface area contributed by atoms with Crippen LogP contribution in [0.1, 0.15) is 32.1 Å². The van der Waals surface area contributed by atoms with Gasteiger partial charge in [0, 0.05) is 11.8 Å². The summed E-state index contributed by atoms with van der Waals surface area (Å²) >= 11 is 0. The molecule has 0 N–H and O–H groups in total. The number of carbonyl (C=O) groups is 2. The lowest BCUT2D eigenvalue weighted by Gasteiger charge is -2.29. The zero-order valence-corrected chi connectivity index (χ0v) is 7.66. The molecule has 0 heterocycles. The lowest BCUT2D eigenvalue weighted by Crippen LogP contribution is -2.39. The van der Waals surface area contributed by atoms with E-state index in [2.05, 4.69) is 0 Å². The van der Waals surface area contributed by atoms with Crippen LogP contribution < -0.4 is 0 Å². The highest BCUT2D eigenvalue weighted by Crippen LogP contribution is 2.50. The van der Waals surface area contributed by atoms with E-state index in [0.717, 1.165) is 32.1 Å². The number of Topliss-reactive ketones (excluding diaryl/α,β-unsaturated/α-hetero) is 2. The smallest absolute Gasteiger partial charge is 0.146 e. The van der Waals surface area contributed by atoms with Gasteiger partial charge in [0.15, 0.2) is 0 Å². The molecule has 0 radical (unpaired) electrons. The molecule has 0 saturated heterocycles. The number of hydrogen-bond donors (Lipinski definition) is 0. The Morgan fingerprint density at radius 1 is 0.846 bits per heavy atom. The normalized spacial score (nSPS) is 48.3. The first-order chi connectivity index (χ1) is 6.29. The molecule has 0 aromatic carbocycles. The molecule has 2 heteroatoms. The van der Waals surface area contributed by atoms with Gasteiger partial charge in [0.2, 0.25) is 0 Å². The molecule has 4 unspecified atom stereocenters. The third-order valence-corrected chi connectivity index (χ3v) is 4.27. The summed E-state index contributed by atoms with van der Waals surface area (Å²) in [6.45, 7) is 0. The summed E-state index contributed by atoms with van der Waals surface area (Å²) in [5.74, 6) is 1.39. The Hall–Kier alpha value is -0.660. The fourth-order valence-corrected chi connectivity index (χ4v) is 3.68. The summed E-state index contributed by atoms with van der Waals surface area (Å²) in [6.07, 6.45) is 5.20. The van der Waals surface area contributed by atoms with Crippen molar-refractivity contribution in [1.29, 1.82) is 0 Å². The third kappa shape index (κ3) is 0.839. The molecule has 13 heavy (non-hydrogen) atoms. The van der Waals surface area contributed by atoms with Gasteiger partial charge in [0.1, 0.15) is 11.6 Å². The van der Waals surface area contributed by atoms with E-state index in [4.69, 9.17) is 0 Å². The summed E-state index contributed by atoms with van der Waals surface area (Å²) in [5, 5.41) is 0. The van der Waals surface area contributed by atoms with E-state index in [1.807, 2.05) is 0 Å². The molecule has 0 amide bonds. The summed E-state index contributed by atoms with van der Waals surface area (Å²) in [5.41, 5.74) is 0. The number of hydrogen-bond acceptors (Lipinski definition) is 2. The molecule has 0 aliphatic heterocycles. The first-order valence-electron chi connectivity index (χ1n) is 5.36. The van der Waals surface area contributed by atoms with Crippen molar-refractivity contribution in [2.45, 2.75) is 32.1 Å². The first kappa shape index (κ1) is 7.72. The quantitative estimate of drug-likeness (QED) is 0.528. The second kappa shape index (κ2) is 2.43. The van der Waals surface area contributed by atoms with Crippen molar-refractivity contribution in [3.8, 4) is 0 Å². The van der Waals surface area contributed by atoms with E-state index >= 15 is 0 Å². The summed E-state index contributed by atoms with van der Waals surface area (Å²) in [7, 11) is 0. The van der Waals surface area contributed by atoms with Crippen molar-refractivity contribution in [3.63, 3.8) is 0 Å². The molecule has 4 atom stereocenters. The van der Waals surface area contributed by atoms with Gasteiger partial charge >= 0.3 is 0 Å². The first-order valence-corrected chi connectivity index (χ1v) is 5.36. The third-order valence-electron chi connectivity index (χ3n) is 4.27. The maximum Gasteiger partial charge on any atom is 0.146 e. The Kier molecular flexibility index (Phi) is 1.44. The van der Waals surface area contributed by atoms with Crippen LogP contribution in [0.5, 0.6) is 0 Å². The highest BCUT2D eigenvalue weighted by molar-refractivity contribution is 6.08. The topological polar surface area (TPSA) is 34.1 Å². The van der Waals surface area contributed by atoms with Gasteiger partial charge in [-0.05, 0) is 31.6 Å². The van der Waals surface area contributed by atoms with Gasteiger partial charge in [-0.1, -0.05) is 6.42 Å². The Morgan fingerprint density at radius 2 is 1.54 bits per heavy atom. The van der Waals surface area contributed by atoms with Crippen LogP contribution >= 0.6 is 0 Å². The molecule has 3 fully saturated rings. The average molecular weight is 178 g/mol. The van der Waals surface area contributed by atoms with Crippen LogP contribution in [0.3, 0.4) is 0 Å². The molecule has 3 aliphatic carbocycles. The second-order valence-electron chi connectivity index (χ2n) is 4.74. The van der Waals surface area contributed by atoms with E-state index in [9.17, 15) is 9.59 Å². The van der Waals surface area contributed by atoms with E-state index in [1.54, 1.807) is 0 Å². The zero-order chi connectivity index (χ0) is 9.00. The van der Waals surface area contributed by atoms with E-state index in [0.29, 0.717) is 11.7 Å². The van der Waals surface area contributed by atoms with E-state index in [1.165, 1.54) is 0 Å². The summed E-state index contributed by atoms with van der Waals surface area (Å²) < 4.78 is 0. The lowest BCUT2D eigenvalue weighted by molar-refractivity contribution is -0.141. The van der Waals surface area contributed by atoms with E-state index < -0.39 is 0 Å². The minimum atomic E-state index is -0.177. The number of fused-ring (bicyclic) bond motifs is 4. The van der Waals surface area contributed by atoms with E-state index in [-0.39, 0.29) is 23.5 Å². The fourth-order valence-electron chi connectivity index (χ4n) is 3.68. The van der Waals surface area contributed by atoms with Crippen molar-refractivity contribution >= 4 is 11.6 Å². The van der Waals surface area contributed by atoms with Crippen molar-refractivity contribution in [1.82, 2.24) is 0 Å². The highest BCUT2D eigenvalue weighted by Gasteiger charge is 2.54. The Bertz CT molecular complexity index is 280. The second-order valence-corrected chi connectivity index (χ2v) is 4.74. The molecule has 3 saturated carbocycles. The molecule has 0 aromatic heterocycles. The maximum absolute atomic E-state index is 11.9. The Balaban J connectivity index is 2.02. The monoisotopic (exact) mass is 178 g/mol. The number of ketones is 2. The van der Waals surface area contributed by atoms with Gasteiger partial charge in [0.25, 0.3) is 0 Å².